The molecule has 0 atom stereocenters. The van der Waals surface area contributed by atoms with Gasteiger partial charge in [0.25, 0.3) is 0 Å². The normalized spacial score (nSPS) is 10.9. The van der Waals surface area contributed by atoms with Crippen LogP contribution < -0.4 is 5.32 Å². The summed E-state index contributed by atoms with van der Waals surface area (Å²) in [4.78, 5) is 27.2. The molecule has 0 aliphatic carbocycles. The van der Waals surface area contributed by atoms with E-state index in [2.05, 4.69) is 25.3 Å². The Labute approximate surface area is 152 Å². The number of amides is 1. The molecule has 3 aromatic rings. The van der Waals surface area contributed by atoms with Crippen LogP contribution in [-0.4, -0.2) is 31.6 Å². The van der Waals surface area contributed by atoms with Gasteiger partial charge in [0.15, 0.2) is 5.65 Å². The molecule has 0 fully saturated rings. The maximum Gasteiger partial charge on any atom is 0.225 e. The number of hydrogen-bond acceptors (Lipinski definition) is 5. The first kappa shape index (κ1) is 17.0. The number of H-pyrrole nitrogens is 1. The number of benzene rings is 1. The van der Waals surface area contributed by atoms with Gasteiger partial charge < -0.3 is 10.3 Å². The number of nitrogens with one attached hydrogen (secondary N) is 2. The third-order valence-corrected chi connectivity index (χ3v) is 4.74. The summed E-state index contributed by atoms with van der Waals surface area (Å²) in [6.07, 6.45) is 1.89. The average molecular weight is 382 g/mol. The van der Waals surface area contributed by atoms with Gasteiger partial charge in [0.2, 0.25) is 11.2 Å². The van der Waals surface area contributed by atoms with Crippen LogP contribution in [0.25, 0.3) is 11.2 Å². The lowest BCUT2D eigenvalue weighted by Gasteiger charge is -2.07. The number of fused-ring (bicyclic) bond motifs is 1. The smallest absolute Gasteiger partial charge is 0.225 e. The molecule has 2 N–H and O–H groups in total. The third kappa shape index (κ3) is 4.17. The number of imidazole rings is 1. The molecule has 2 heterocycles. The van der Waals surface area contributed by atoms with Crippen LogP contribution in [0.15, 0.2) is 35.6 Å². The van der Waals surface area contributed by atoms with E-state index >= 15 is 0 Å². The van der Waals surface area contributed by atoms with Gasteiger partial charge in [-0.2, -0.15) is 4.98 Å². The average Bonchev–Trinajstić information content (AvgIpc) is 3.02. The van der Waals surface area contributed by atoms with Gasteiger partial charge in [0, 0.05) is 23.7 Å². The van der Waals surface area contributed by atoms with E-state index in [9.17, 15) is 4.79 Å². The molecule has 0 bridgehead atoms. The Kier molecular flexibility index (Phi) is 5.55. The Morgan fingerprint density at radius 1 is 1.25 bits per heavy atom. The first-order valence-corrected chi connectivity index (χ1v) is 8.87. The molecule has 2 aromatic heterocycles. The van der Waals surface area contributed by atoms with E-state index in [-0.39, 0.29) is 11.2 Å². The largest absolute Gasteiger partial charge is 0.352 e. The van der Waals surface area contributed by atoms with Crippen LogP contribution in [0.5, 0.6) is 0 Å². The summed E-state index contributed by atoms with van der Waals surface area (Å²) in [6.45, 7) is 0.410. The summed E-state index contributed by atoms with van der Waals surface area (Å²) in [6, 6.07) is 7.42. The van der Waals surface area contributed by atoms with E-state index < -0.39 is 0 Å². The first-order chi connectivity index (χ1) is 11.6. The molecule has 0 aliphatic rings. The molecule has 1 amide bonds. The first-order valence-electron chi connectivity index (χ1n) is 7.13. The van der Waals surface area contributed by atoms with E-state index in [0.717, 1.165) is 11.1 Å². The van der Waals surface area contributed by atoms with Crippen LogP contribution >= 0.6 is 35.0 Å². The predicted octanol–water partition coefficient (Wildman–Crippen LogP) is 3.46. The second kappa shape index (κ2) is 7.83. The van der Waals surface area contributed by atoms with Gasteiger partial charge in [0.1, 0.15) is 10.5 Å². The van der Waals surface area contributed by atoms with Crippen molar-refractivity contribution in [1.82, 2.24) is 25.3 Å². The molecule has 124 valence electrons. The zero-order valence-corrected chi connectivity index (χ0v) is 14.8. The predicted molar refractivity (Wildman–Crippen MR) is 95.3 cm³/mol. The number of halogens is 2. The summed E-state index contributed by atoms with van der Waals surface area (Å²) < 4.78 is 0. The molecular weight excluding hydrogens is 369 g/mol. The fourth-order valence-corrected chi connectivity index (χ4v) is 3.39. The maximum atomic E-state index is 12.0. The number of carbonyl (C=O) groups excluding carboxylic acids is 1. The Morgan fingerprint density at radius 3 is 2.92 bits per heavy atom. The highest BCUT2D eigenvalue weighted by atomic mass is 35.5. The van der Waals surface area contributed by atoms with E-state index in [1.165, 1.54) is 18.1 Å². The van der Waals surface area contributed by atoms with Crippen molar-refractivity contribution in [2.75, 3.05) is 5.75 Å². The lowest BCUT2D eigenvalue weighted by molar-refractivity contribution is -0.120. The lowest BCUT2D eigenvalue weighted by Crippen LogP contribution is -2.23. The molecule has 0 aliphatic heterocycles. The highest BCUT2D eigenvalue weighted by Gasteiger charge is 2.10. The fraction of sp³-hybridized carbons (Fsp3) is 0.200. The van der Waals surface area contributed by atoms with Crippen molar-refractivity contribution < 1.29 is 4.79 Å². The monoisotopic (exact) mass is 381 g/mol. The van der Waals surface area contributed by atoms with Crippen molar-refractivity contribution in [3.63, 3.8) is 0 Å². The Hall–Kier alpha value is -1.83. The standard InChI is InChI=1S/C15H13Cl2N5OS/c16-10-4-2-1-3-9(10)7-18-11(23)5-6-24-14-12-13(20-8-19-12)21-15(17)22-14/h1-4,8H,5-7H2,(H,18,23)(H,19,20,21,22). The van der Waals surface area contributed by atoms with Crippen molar-refractivity contribution >= 4 is 52.0 Å². The summed E-state index contributed by atoms with van der Waals surface area (Å²) in [5, 5.41) is 4.32. The molecule has 9 heteroatoms. The molecule has 6 nitrogen and oxygen atoms in total. The minimum atomic E-state index is -0.0524. The Bertz CT molecular complexity index is 870. The molecule has 3 rings (SSSR count). The maximum absolute atomic E-state index is 12.0. The van der Waals surface area contributed by atoms with Crippen LogP contribution in [0, 0.1) is 0 Å². The van der Waals surface area contributed by atoms with Crippen LogP contribution in [0.1, 0.15) is 12.0 Å². The van der Waals surface area contributed by atoms with E-state index in [0.29, 0.717) is 34.4 Å². The number of rotatable bonds is 6. The second-order valence-electron chi connectivity index (χ2n) is 4.87. The minimum Gasteiger partial charge on any atom is -0.352 e. The van der Waals surface area contributed by atoms with Gasteiger partial charge >= 0.3 is 0 Å². The number of carbonyl (C=O) groups is 1. The Morgan fingerprint density at radius 2 is 2.08 bits per heavy atom. The number of nitrogens with zero attached hydrogens (tertiary/aromatic N) is 3. The molecule has 0 saturated heterocycles. The SMILES string of the molecule is O=C(CCSc1nc(Cl)nc2nc[nH]c12)NCc1ccccc1Cl. The molecule has 0 unspecified atom stereocenters. The van der Waals surface area contributed by atoms with Crippen molar-refractivity contribution in [2.45, 2.75) is 18.0 Å². The van der Waals surface area contributed by atoms with Gasteiger partial charge in [-0.25, -0.2) is 9.97 Å². The number of thioether (sulfide) groups is 1. The summed E-state index contributed by atoms with van der Waals surface area (Å²) in [5.74, 6) is 0.513. The van der Waals surface area contributed by atoms with Gasteiger partial charge in [-0.05, 0) is 23.2 Å². The highest BCUT2D eigenvalue weighted by Crippen LogP contribution is 2.24. The zero-order chi connectivity index (χ0) is 16.9. The van der Waals surface area contributed by atoms with Crippen LogP contribution in [-0.2, 0) is 11.3 Å². The molecule has 24 heavy (non-hydrogen) atoms. The van der Waals surface area contributed by atoms with Crippen molar-refractivity contribution in [3.8, 4) is 0 Å². The van der Waals surface area contributed by atoms with Crippen LogP contribution in [0.4, 0.5) is 0 Å². The van der Waals surface area contributed by atoms with E-state index in [1.807, 2.05) is 18.2 Å². The van der Waals surface area contributed by atoms with E-state index in [1.54, 1.807) is 6.07 Å². The molecular formula is C15H13Cl2N5OS. The summed E-state index contributed by atoms with van der Waals surface area (Å²) >= 11 is 13.4. The van der Waals surface area contributed by atoms with E-state index in [4.69, 9.17) is 23.2 Å². The van der Waals surface area contributed by atoms with Gasteiger partial charge in [-0.15, -0.1) is 11.8 Å². The summed E-state index contributed by atoms with van der Waals surface area (Å²) in [5.41, 5.74) is 2.13. The number of aromatic nitrogens is 4. The van der Waals surface area contributed by atoms with Gasteiger partial charge in [-0.1, -0.05) is 29.8 Å². The van der Waals surface area contributed by atoms with Crippen LogP contribution in [0.2, 0.25) is 10.3 Å². The second-order valence-corrected chi connectivity index (χ2v) is 6.69. The van der Waals surface area contributed by atoms with Gasteiger partial charge in [-0.3, -0.25) is 4.79 Å². The lowest BCUT2D eigenvalue weighted by atomic mass is 10.2. The minimum absolute atomic E-state index is 0.0524. The van der Waals surface area contributed by atoms with Crippen molar-refractivity contribution in [1.29, 1.82) is 0 Å². The highest BCUT2D eigenvalue weighted by molar-refractivity contribution is 7.99. The number of hydrogen-bond donors (Lipinski definition) is 2. The molecule has 0 spiro atoms. The molecule has 0 saturated carbocycles. The topological polar surface area (TPSA) is 83.6 Å². The van der Waals surface area contributed by atoms with Crippen molar-refractivity contribution in [3.05, 3.63) is 46.5 Å². The van der Waals surface area contributed by atoms with Crippen LogP contribution in [0.3, 0.4) is 0 Å². The Balaban J connectivity index is 1.51. The summed E-state index contributed by atoms with van der Waals surface area (Å²) in [7, 11) is 0. The fourth-order valence-electron chi connectivity index (χ4n) is 2.05. The quantitative estimate of drug-likeness (QED) is 0.388. The molecule has 1 aromatic carbocycles. The zero-order valence-electron chi connectivity index (χ0n) is 12.4. The van der Waals surface area contributed by atoms with Gasteiger partial charge in [0.05, 0.1) is 6.33 Å². The third-order valence-electron chi connectivity index (χ3n) is 3.23. The molecule has 0 radical (unpaired) electrons. The van der Waals surface area contributed by atoms with Crippen molar-refractivity contribution in [2.24, 2.45) is 0 Å². The number of aromatic amines is 1.